The molecule has 0 N–H and O–H groups in total. The molecule has 0 amide bonds. The number of aromatic nitrogens is 2. The number of hydrogen-bond donors (Lipinski definition) is 0. The van der Waals surface area contributed by atoms with Crippen LogP contribution in [0.2, 0.25) is 5.15 Å². The molecule has 0 fully saturated rings. The summed E-state index contributed by atoms with van der Waals surface area (Å²) in [7, 11) is 1.43. The average molecular weight is 328 g/mol. The molecule has 0 aliphatic carbocycles. The van der Waals surface area contributed by atoms with Gasteiger partial charge in [-0.25, -0.2) is 4.98 Å². The van der Waals surface area contributed by atoms with Gasteiger partial charge in [-0.1, -0.05) is 23.4 Å². The Hall–Kier alpha value is -2.06. The van der Waals surface area contributed by atoms with Gasteiger partial charge in [-0.3, -0.25) is 10.1 Å². The van der Waals surface area contributed by atoms with E-state index in [0.29, 0.717) is 10.9 Å². The van der Waals surface area contributed by atoms with Crippen molar-refractivity contribution in [2.24, 2.45) is 0 Å². The third kappa shape index (κ3) is 3.73. The zero-order chi connectivity index (χ0) is 15.4. The number of nitrogens with zero attached hydrogens (tertiary/aromatic N) is 3. The van der Waals surface area contributed by atoms with E-state index < -0.39 is 4.92 Å². The Balaban J connectivity index is 2.39. The maximum atomic E-state index is 11.1. The van der Waals surface area contributed by atoms with E-state index in [4.69, 9.17) is 21.1 Å². The van der Waals surface area contributed by atoms with Crippen molar-refractivity contribution in [1.82, 2.24) is 9.97 Å². The molecular weight excluding hydrogens is 318 g/mol. The van der Waals surface area contributed by atoms with Crippen LogP contribution in [0, 0.1) is 10.1 Å². The molecule has 0 saturated heterocycles. The van der Waals surface area contributed by atoms with Crippen molar-refractivity contribution in [1.29, 1.82) is 0 Å². The smallest absolute Gasteiger partial charge is 0.315 e. The second-order valence-corrected chi connectivity index (χ2v) is 4.87. The van der Waals surface area contributed by atoms with Gasteiger partial charge in [-0.2, -0.15) is 4.98 Å². The summed E-state index contributed by atoms with van der Waals surface area (Å²) in [6.07, 6.45) is 1.78. The zero-order valence-corrected chi connectivity index (χ0v) is 12.6. The van der Waals surface area contributed by atoms with Gasteiger partial charge in [0.25, 0.3) is 0 Å². The summed E-state index contributed by atoms with van der Waals surface area (Å²) in [5, 5.41) is 11.7. The van der Waals surface area contributed by atoms with Crippen LogP contribution < -0.4 is 9.47 Å². The van der Waals surface area contributed by atoms with Crippen molar-refractivity contribution in [2.45, 2.75) is 5.16 Å². The summed E-state index contributed by atoms with van der Waals surface area (Å²) in [4.78, 5) is 18.6. The molecule has 0 unspecified atom stereocenters. The highest BCUT2D eigenvalue weighted by atomic mass is 35.5. The lowest BCUT2D eigenvalue weighted by Gasteiger charge is -2.07. The van der Waals surface area contributed by atoms with E-state index in [9.17, 15) is 10.1 Å². The van der Waals surface area contributed by atoms with Gasteiger partial charge >= 0.3 is 5.69 Å². The summed E-state index contributed by atoms with van der Waals surface area (Å²) in [5.41, 5.74) is -0.227. The van der Waals surface area contributed by atoms with E-state index in [0.717, 1.165) is 0 Å². The van der Waals surface area contributed by atoms with Crippen molar-refractivity contribution < 1.29 is 14.4 Å². The molecule has 0 aliphatic heterocycles. The maximum Gasteiger partial charge on any atom is 0.315 e. The largest absolute Gasteiger partial charge is 0.496 e. The van der Waals surface area contributed by atoms with Crippen molar-refractivity contribution in [3.63, 3.8) is 0 Å². The van der Waals surface area contributed by atoms with Gasteiger partial charge < -0.3 is 9.47 Å². The number of rotatable bonds is 5. The van der Waals surface area contributed by atoms with Gasteiger partial charge in [0.1, 0.15) is 10.9 Å². The first-order valence-electron chi connectivity index (χ1n) is 5.62. The molecule has 1 aromatic carbocycles. The van der Waals surface area contributed by atoms with E-state index in [2.05, 4.69) is 9.97 Å². The fourth-order valence-corrected chi connectivity index (χ4v) is 2.08. The fourth-order valence-electron chi connectivity index (χ4n) is 1.49. The quantitative estimate of drug-likeness (QED) is 0.273. The lowest BCUT2D eigenvalue weighted by molar-refractivity contribution is -0.385. The molecule has 110 valence electrons. The molecule has 1 aromatic heterocycles. The highest BCUT2D eigenvalue weighted by Gasteiger charge is 2.18. The van der Waals surface area contributed by atoms with Crippen molar-refractivity contribution in [3.8, 4) is 17.4 Å². The highest BCUT2D eigenvalue weighted by Crippen LogP contribution is 2.34. The third-order valence-electron chi connectivity index (χ3n) is 2.41. The molecule has 0 radical (unpaired) electrons. The first-order chi connectivity index (χ1) is 10.0. The second-order valence-electron chi connectivity index (χ2n) is 3.71. The minimum absolute atomic E-state index is 0.0441. The predicted molar refractivity (Wildman–Crippen MR) is 78.5 cm³/mol. The number of nitro groups is 1. The van der Waals surface area contributed by atoms with E-state index >= 15 is 0 Å². The molecule has 9 heteroatoms. The number of methoxy groups -OCH3 is 1. The van der Waals surface area contributed by atoms with Crippen molar-refractivity contribution in [2.75, 3.05) is 13.4 Å². The Morgan fingerprint density at radius 1 is 1.33 bits per heavy atom. The Morgan fingerprint density at radius 2 is 2.10 bits per heavy atom. The van der Waals surface area contributed by atoms with Crippen LogP contribution in [-0.2, 0) is 0 Å². The van der Waals surface area contributed by atoms with E-state index in [1.807, 2.05) is 0 Å². The Morgan fingerprint density at radius 3 is 2.71 bits per heavy atom. The average Bonchev–Trinajstić information content (AvgIpc) is 2.46. The molecule has 21 heavy (non-hydrogen) atoms. The van der Waals surface area contributed by atoms with E-state index in [1.165, 1.54) is 37.1 Å². The molecule has 1 heterocycles. The molecule has 0 spiro atoms. The van der Waals surface area contributed by atoms with Gasteiger partial charge in [-0.05, 0) is 18.4 Å². The SMILES string of the molecule is COc1ccc(Oc2cc(Cl)nc(SC)n2)c([N+](=O)[O-])c1. The van der Waals surface area contributed by atoms with Crippen LogP contribution in [0.1, 0.15) is 0 Å². The molecule has 0 saturated carbocycles. The predicted octanol–water partition coefficient (Wildman–Crippen LogP) is 3.56. The molecule has 0 atom stereocenters. The molecular formula is C12H10ClN3O4S. The van der Waals surface area contributed by atoms with Crippen molar-refractivity contribution >= 4 is 29.1 Å². The van der Waals surface area contributed by atoms with Crippen LogP contribution in [-0.4, -0.2) is 28.3 Å². The Kier molecular flexibility index (Phi) is 4.81. The number of benzene rings is 1. The number of thioether (sulfide) groups is 1. The first kappa shape index (κ1) is 15.3. The number of ether oxygens (including phenoxy) is 2. The van der Waals surface area contributed by atoms with Gasteiger partial charge in [0, 0.05) is 6.07 Å². The van der Waals surface area contributed by atoms with Crippen LogP contribution in [0.15, 0.2) is 29.4 Å². The Bertz CT molecular complexity index is 684. The standard InChI is InChI=1S/C12H10ClN3O4S/c1-19-7-3-4-9(8(5-7)16(17)18)20-11-6-10(13)14-12(15-11)21-2/h3-6H,1-2H3. The van der Waals surface area contributed by atoms with Crippen LogP contribution in [0.3, 0.4) is 0 Å². The number of halogens is 1. The summed E-state index contributed by atoms with van der Waals surface area (Å²) in [5.74, 6) is 0.537. The van der Waals surface area contributed by atoms with E-state index in [1.54, 1.807) is 12.3 Å². The number of nitro benzene ring substituents is 1. The monoisotopic (exact) mass is 327 g/mol. The van der Waals surface area contributed by atoms with Crippen LogP contribution >= 0.6 is 23.4 Å². The van der Waals surface area contributed by atoms with Crippen LogP contribution in [0.5, 0.6) is 17.4 Å². The van der Waals surface area contributed by atoms with Crippen LogP contribution in [0.25, 0.3) is 0 Å². The van der Waals surface area contributed by atoms with Gasteiger partial charge in [-0.15, -0.1) is 0 Å². The molecule has 7 nitrogen and oxygen atoms in total. The van der Waals surface area contributed by atoms with Crippen LogP contribution in [0.4, 0.5) is 5.69 Å². The summed E-state index contributed by atoms with van der Waals surface area (Å²) in [6, 6.07) is 5.65. The topological polar surface area (TPSA) is 87.4 Å². The van der Waals surface area contributed by atoms with E-state index in [-0.39, 0.29) is 22.5 Å². The summed E-state index contributed by atoms with van der Waals surface area (Å²) in [6.45, 7) is 0. The molecule has 2 rings (SSSR count). The highest BCUT2D eigenvalue weighted by molar-refractivity contribution is 7.98. The lowest BCUT2D eigenvalue weighted by Crippen LogP contribution is -1.97. The molecule has 2 aromatic rings. The Labute approximate surface area is 129 Å². The minimum atomic E-state index is -0.559. The van der Waals surface area contributed by atoms with Gasteiger partial charge in [0.15, 0.2) is 5.16 Å². The second kappa shape index (κ2) is 6.59. The maximum absolute atomic E-state index is 11.1. The summed E-state index contributed by atoms with van der Waals surface area (Å²) < 4.78 is 10.4. The number of hydrogen-bond acceptors (Lipinski definition) is 7. The first-order valence-corrected chi connectivity index (χ1v) is 7.22. The fraction of sp³-hybridized carbons (Fsp3) is 0.167. The zero-order valence-electron chi connectivity index (χ0n) is 11.1. The minimum Gasteiger partial charge on any atom is -0.496 e. The lowest BCUT2D eigenvalue weighted by atomic mass is 10.3. The normalized spacial score (nSPS) is 10.2. The van der Waals surface area contributed by atoms with Gasteiger partial charge in [0.05, 0.1) is 18.1 Å². The molecule has 0 bridgehead atoms. The molecule has 0 aliphatic rings. The van der Waals surface area contributed by atoms with Gasteiger partial charge in [0.2, 0.25) is 11.6 Å². The summed E-state index contributed by atoms with van der Waals surface area (Å²) >= 11 is 7.13. The third-order valence-corrected chi connectivity index (χ3v) is 3.15. The van der Waals surface area contributed by atoms with Crippen molar-refractivity contribution in [3.05, 3.63) is 39.5 Å².